The molecular formula is C15H11Cl3F3NO3S. The third-order valence-corrected chi connectivity index (χ3v) is 5.74. The summed E-state index contributed by atoms with van der Waals surface area (Å²) in [5.74, 6) is -0.0356. The van der Waals surface area contributed by atoms with E-state index in [4.69, 9.17) is 39.5 Å². The van der Waals surface area contributed by atoms with E-state index in [1.54, 1.807) is 0 Å². The molecule has 26 heavy (non-hydrogen) atoms. The smallest absolute Gasteiger partial charge is 0.416 e. The first-order valence-corrected chi connectivity index (χ1v) is 9.56. The second-order valence-corrected chi connectivity index (χ2v) is 7.93. The van der Waals surface area contributed by atoms with E-state index in [0.29, 0.717) is 0 Å². The summed E-state index contributed by atoms with van der Waals surface area (Å²) >= 11 is 17.4. The van der Waals surface area contributed by atoms with Gasteiger partial charge in [0.05, 0.1) is 20.6 Å². The van der Waals surface area contributed by atoms with Crippen LogP contribution in [0.1, 0.15) is 5.56 Å². The number of benzene rings is 2. The van der Waals surface area contributed by atoms with Crippen molar-refractivity contribution in [2.45, 2.75) is 11.1 Å². The van der Waals surface area contributed by atoms with Crippen LogP contribution < -0.4 is 9.46 Å². The minimum Gasteiger partial charge on any atom is -0.492 e. The lowest BCUT2D eigenvalue weighted by atomic mass is 10.2. The molecule has 0 spiro atoms. The van der Waals surface area contributed by atoms with Gasteiger partial charge in [0.2, 0.25) is 10.0 Å². The Hall–Kier alpha value is -1.19. The van der Waals surface area contributed by atoms with Crippen LogP contribution in [0.15, 0.2) is 41.3 Å². The number of rotatable bonds is 6. The van der Waals surface area contributed by atoms with Gasteiger partial charge in [-0.3, -0.25) is 0 Å². The molecule has 2 aromatic rings. The van der Waals surface area contributed by atoms with Gasteiger partial charge in [-0.1, -0.05) is 40.9 Å². The summed E-state index contributed by atoms with van der Waals surface area (Å²) < 4.78 is 69.6. The fourth-order valence-corrected chi connectivity index (χ4v) is 3.91. The number of hydrogen-bond acceptors (Lipinski definition) is 3. The maximum atomic E-state index is 12.6. The first-order valence-electron chi connectivity index (χ1n) is 6.95. The highest BCUT2D eigenvalue weighted by atomic mass is 35.5. The van der Waals surface area contributed by atoms with E-state index in [0.717, 1.165) is 18.2 Å². The molecular weight excluding hydrogens is 438 g/mol. The van der Waals surface area contributed by atoms with Crippen molar-refractivity contribution in [3.63, 3.8) is 0 Å². The van der Waals surface area contributed by atoms with Crippen molar-refractivity contribution in [1.82, 2.24) is 4.72 Å². The van der Waals surface area contributed by atoms with Crippen molar-refractivity contribution < 1.29 is 26.3 Å². The van der Waals surface area contributed by atoms with Crippen LogP contribution in [0.4, 0.5) is 13.2 Å². The Bertz CT molecular complexity index is 905. The lowest BCUT2D eigenvalue weighted by Gasteiger charge is -2.12. The number of sulfonamides is 1. The molecule has 4 nitrogen and oxygen atoms in total. The van der Waals surface area contributed by atoms with Crippen LogP contribution in [0.3, 0.4) is 0 Å². The summed E-state index contributed by atoms with van der Waals surface area (Å²) in [5.41, 5.74) is -0.863. The molecule has 0 radical (unpaired) electrons. The minimum absolute atomic E-state index is 0.0108. The molecule has 0 aromatic heterocycles. The molecule has 0 aliphatic carbocycles. The number of ether oxygens (including phenoxy) is 1. The normalized spacial score (nSPS) is 12.2. The molecule has 0 fully saturated rings. The molecule has 0 amide bonds. The van der Waals surface area contributed by atoms with Crippen LogP contribution >= 0.6 is 34.8 Å². The zero-order valence-electron chi connectivity index (χ0n) is 12.8. The predicted octanol–water partition coefficient (Wildman–Crippen LogP) is 5.02. The molecule has 2 rings (SSSR count). The van der Waals surface area contributed by atoms with Crippen molar-refractivity contribution >= 4 is 44.8 Å². The molecule has 0 unspecified atom stereocenters. The molecule has 0 aliphatic heterocycles. The second kappa shape index (κ2) is 8.22. The van der Waals surface area contributed by atoms with E-state index in [2.05, 4.69) is 4.72 Å². The number of halogens is 6. The van der Waals surface area contributed by atoms with E-state index in [-0.39, 0.29) is 38.9 Å². The van der Waals surface area contributed by atoms with Crippen LogP contribution in [0.5, 0.6) is 5.75 Å². The highest BCUT2D eigenvalue weighted by Gasteiger charge is 2.30. The number of nitrogens with one attached hydrogen (secondary N) is 1. The summed E-state index contributed by atoms with van der Waals surface area (Å²) in [7, 11) is -4.00. The summed E-state index contributed by atoms with van der Waals surface area (Å²) in [4.78, 5) is -0.271. The van der Waals surface area contributed by atoms with Crippen molar-refractivity contribution in [2.75, 3.05) is 13.2 Å². The Morgan fingerprint density at radius 3 is 2.31 bits per heavy atom. The summed E-state index contributed by atoms with van der Waals surface area (Å²) in [6.45, 7) is -0.394. The van der Waals surface area contributed by atoms with E-state index in [1.165, 1.54) is 18.2 Å². The first kappa shape index (κ1) is 21.1. The van der Waals surface area contributed by atoms with Gasteiger partial charge in [-0.2, -0.15) is 13.2 Å². The highest BCUT2D eigenvalue weighted by molar-refractivity contribution is 7.89. The SMILES string of the molecule is O=S(=O)(NCCOc1cccc(C(F)(F)F)c1)c1cc(Cl)c(Cl)cc1Cl. The Balaban J connectivity index is 1.99. The van der Waals surface area contributed by atoms with Gasteiger partial charge in [0.1, 0.15) is 17.3 Å². The Morgan fingerprint density at radius 1 is 1.00 bits per heavy atom. The predicted molar refractivity (Wildman–Crippen MR) is 93.6 cm³/mol. The molecule has 142 valence electrons. The molecule has 11 heteroatoms. The Labute approximate surface area is 162 Å². The number of alkyl halides is 3. The third kappa shape index (κ3) is 5.40. The minimum atomic E-state index is -4.49. The highest BCUT2D eigenvalue weighted by Crippen LogP contribution is 2.32. The number of hydrogen-bond donors (Lipinski definition) is 1. The van der Waals surface area contributed by atoms with Gasteiger partial charge in [0, 0.05) is 6.54 Å². The molecule has 1 N–H and O–H groups in total. The van der Waals surface area contributed by atoms with Gasteiger partial charge in [-0.15, -0.1) is 0 Å². The fourth-order valence-electron chi connectivity index (χ4n) is 1.90. The van der Waals surface area contributed by atoms with Gasteiger partial charge >= 0.3 is 6.18 Å². The van der Waals surface area contributed by atoms with Gasteiger partial charge in [-0.05, 0) is 30.3 Å². The maximum absolute atomic E-state index is 12.6. The molecule has 2 aromatic carbocycles. The third-order valence-electron chi connectivity index (χ3n) is 3.09. The monoisotopic (exact) mass is 447 g/mol. The largest absolute Gasteiger partial charge is 0.492 e. The average Bonchev–Trinajstić information content (AvgIpc) is 2.54. The maximum Gasteiger partial charge on any atom is 0.416 e. The topological polar surface area (TPSA) is 55.4 Å². The van der Waals surface area contributed by atoms with Gasteiger partial charge in [-0.25, -0.2) is 13.1 Å². The van der Waals surface area contributed by atoms with Gasteiger partial charge in [0.25, 0.3) is 0 Å². The molecule has 0 saturated heterocycles. The quantitative estimate of drug-likeness (QED) is 0.498. The summed E-state index contributed by atoms with van der Waals surface area (Å²) in [6, 6.07) is 6.55. The van der Waals surface area contributed by atoms with Crippen molar-refractivity contribution in [1.29, 1.82) is 0 Å². The fraction of sp³-hybridized carbons (Fsp3) is 0.200. The zero-order chi connectivity index (χ0) is 19.5. The van der Waals surface area contributed by atoms with Crippen LogP contribution in [-0.2, 0) is 16.2 Å². The van der Waals surface area contributed by atoms with Crippen LogP contribution in [0, 0.1) is 0 Å². The van der Waals surface area contributed by atoms with Crippen molar-refractivity contribution in [3.8, 4) is 5.75 Å². The van der Waals surface area contributed by atoms with Crippen LogP contribution in [0.25, 0.3) is 0 Å². The van der Waals surface area contributed by atoms with Crippen LogP contribution in [-0.4, -0.2) is 21.6 Å². The van der Waals surface area contributed by atoms with Crippen molar-refractivity contribution in [3.05, 3.63) is 57.0 Å². The zero-order valence-corrected chi connectivity index (χ0v) is 15.9. The van der Waals surface area contributed by atoms with Crippen molar-refractivity contribution in [2.24, 2.45) is 0 Å². The average molecular weight is 449 g/mol. The Morgan fingerprint density at radius 2 is 1.65 bits per heavy atom. The van der Waals surface area contributed by atoms with Gasteiger partial charge < -0.3 is 4.74 Å². The molecule has 0 heterocycles. The Kier molecular flexibility index (Phi) is 6.68. The summed E-state index contributed by atoms with van der Waals surface area (Å²) in [5, 5.41) is -0.00847. The molecule has 0 saturated carbocycles. The summed E-state index contributed by atoms with van der Waals surface area (Å²) in [6.07, 6.45) is -4.49. The lowest BCUT2D eigenvalue weighted by molar-refractivity contribution is -0.137. The van der Waals surface area contributed by atoms with E-state index < -0.39 is 21.8 Å². The molecule has 0 bridgehead atoms. The second-order valence-electron chi connectivity index (χ2n) is 4.97. The lowest BCUT2D eigenvalue weighted by Crippen LogP contribution is -2.28. The van der Waals surface area contributed by atoms with Gasteiger partial charge in [0.15, 0.2) is 0 Å². The van der Waals surface area contributed by atoms with Crippen LogP contribution in [0.2, 0.25) is 15.1 Å². The molecule has 0 aliphatic rings. The van der Waals surface area contributed by atoms with E-state index in [9.17, 15) is 21.6 Å². The molecule has 0 atom stereocenters. The van der Waals surface area contributed by atoms with E-state index in [1.807, 2.05) is 0 Å². The standard InChI is InChI=1S/C15H11Cl3F3NO3S/c16-11-7-13(18)14(8-12(11)17)26(23,24)22-4-5-25-10-3-1-2-9(6-10)15(19,20)21/h1-3,6-8,22H,4-5H2. The first-order chi connectivity index (χ1) is 12.0. The van der Waals surface area contributed by atoms with E-state index >= 15 is 0 Å².